The number of rotatable bonds is 8. The van der Waals surface area contributed by atoms with E-state index in [2.05, 4.69) is 10.6 Å². The summed E-state index contributed by atoms with van der Waals surface area (Å²) in [5.74, 6) is -1.02. The number of hydrogen-bond acceptors (Lipinski definition) is 5. The van der Waals surface area contributed by atoms with E-state index in [1.165, 1.54) is 6.92 Å². The second kappa shape index (κ2) is 10.2. The Kier molecular flexibility index (Phi) is 8.63. The number of esters is 1. The molecule has 0 saturated carbocycles. The third kappa shape index (κ3) is 8.21. The fourth-order valence-corrected chi connectivity index (χ4v) is 2.36. The van der Waals surface area contributed by atoms with Crippen molar-refractivity contribution in [2.24, 2.45) is 0 Å². The van der Waals surface area contributed by atoms with Gasteiger partial charge in [0.15, 0.2) is 6.10 Å². The van der Waals surface area contributed by atoms with Gasteiger partial charge in [0.1, 0.15) is 0 Å². The summed E-state index contributed by atoms with van der Waals surface area (Å²) in [6, 6.07) is 6.70. The van der Waals surface area contributed by atoms with Crippen LogP contribution >= 0.6 is 23.4 Å². The number of ether oxygens (including phenoxy) is 1. The molecule has 0 aromatic heterocycles. The lowest BCUT2D eigenvalue weighted by molar-refractivity contribution is -0.152. The zero-order valence-corrected chi connectivity index (χ0v) is 15.4. The van der Waals surface area contributed by atoms with E-state index in [0.29, 0.717) is 10.7 Å². The van der Waals surface area contributed by atoms with Gasteiger partial charge in [0, 0.05) is 16.8 Å². The maximum Gasteiger partial charge on any atom is 0.316 e. The zero-order valence-electron chi connectivity index (χ0n) is 13.8. The molecule has 0 aliphatic heterocycles. The fourth-order valence-electron chi connectivity index (χ4n) is 1.64. The van der Waals surface area contributed by atoms with Crippen molar-refractivity contribution in [2.45, 2.75) is 32.9 Å². The lowest BCUT2D eigenvalue weighted by atomic mass is 10.3. The molecule has 132 valence electrons. The van der Waals surface area contributed by atoms with Gasteiger partial charge >= 0.3 is 5.97 Å². The molecule has 2 amide bonds. The summed E-state index contributed by atoms with van der Waals surface area (Å²) in [6.45, 7) is 5.15. The van der Waals surface area contributed by atoms with Gasteiger partial charge in [-0.2, -0.15) is 0 Å². The van der Waals surface area contributed by atoms with E-state index in [1.807, 2.05) is 13.8 Å². The molecular weight excluding hydrogens is 352 g/mol. The first-order valence-electron chi connectivity index (χ1n) is 7.41. The quantitative estimate of drug-likeness (QED) is 0.685. The first kappa shape index (κ1) is 20.3. The monoisotopic (exact) mass is 372 g/mol. The number of nitrogens with one attached hydrogen (secondary N) is 2. The number of thioether (sulfide) groups is 1. The number of hydrogen-bond donors (Lipinski definition) is 2. The summed E-state index contributed by atoms with van der Waals surface area (Å²) in [5, 5.41) is 5.93. The van der Waals surface area contributed by atoms with Crippen LogP contribution in [0.1, 0.15) is 20.8 Å². The van der Waals surface area contributed by atoms with Crippen molar-refractivity contribution in [1.82, 2.24) is 5.32 Å². The molecule has 1 aromatic rings. The third-order valence-corrected chi connectivity index (χ3v) is 3.85. The molecule has 0 bridgehead atoms. The second-order valence-corrected chi connectivity index (χ2v) is 6.77. The van der Waals surface area contributed by atoms with Crippen molar-refractivity contribution in [1.29, 1.82) is 0 Å². The van der Waals surface area contributed by atoms with Crippen molar-refractivity contribution < 1.29 is 19.1 Å². The number of anilines is 1. The molecule has 0 aliphatic carbocycles. The predicted octanol–water partition coefficient (Wildman–Crippen LogP) is 2.47. The first-order valence-corrected chi connectivity index (χ1v) is 8.94. The molecule has 0 spiro atoms. The van der Waals surface area contributed by atoms with Crippen molar-refractivity contribution in [3.63, 3.8) is 0 Å². The molecule has 24 heavy (non-hydrogen) atoms. The van der Waals surface area contributed by atoms with Gasteiger partial charge < -0.3 is 15.4 Å². The smallest absolute Gasteiger partial charge is 0.316 e. The Morgan fingerprint density at radius 1 is 1.12 bits per heavy atom. The van der Waals surface area contributed by atoms with E-state index >= 15 is 0 Å². The Labute approximate surface area is 150 Å². The van der Waals surface area contributed by atoms with Crippen LogP contribution in [0.5, 0.6) is 0 Å². The highest BCUT2D eigenvalue weighted by molar-refractivity contribution is 8.00. The van der Waals surface area contributed by atoms with Crippen LogP contribution < -0.4 is 10.6 Å². The van der Waals surface area contributed by atoms with Crippen LogP contribution in [0, 0.1) is 0 Å². The van der Waals surface area contributed by atoms with Crippen LogP contribution in [0.4, 0.5) is 5.69 Å². The molecule has 2 N–H and O–H groups in total. The molecule has 0 radical (unpaired) electrons. The topological polar surface area (TPSA) is 84.5 Å². The minimum absolute atomic E-state index is 0.00661. The average Bonchev–Trinajstić information content (AvgIpc) is 2.48. The van der Waals surface area contributed by atoms with Gasteiger partial charge in [-0.05, 0) is 45.0 Å². The molecule has 1 atom stereocenters. The second-order valence-electron chi connectivity index (χ2n) is 5.34. The highest BCUT2D eigenvalue weighted by Gasteiger charge is 2.18. The lowest BCUT2D eigenvalue weighted by Crippen LogP contribution is -2.39. The third-order valence-electron chi connectivity index (χ3n) is 2.69. The Hall–Kier alpha value is -1.73. The Bertz CT molecular complexity index is 578. The summed E-state index contributed by atoms with van der Waals surface area (Å²) in [6.07, 6.45) is -0.858. The van der Waals surface area contributed by atoms with Crippen molar-refractivity contribution in [3.8, 4) is 0 Å². The van der Waals surface area contributed by atoms with Crippen molar-refractivity contribution >= 4 is 46.8 Å². The first-order chi connectivity index (χ1) is 11.3. The molecule has 0 unspecified atom stereocenters. The van der Waals surface area contributed by atoms with E-state index in [4.69, 9.17) is 16.3 Å². The Morgan fingerprint density at radius 3 is 2.33 bits per heavy atom. The SMILES string of the molecule is CC(C)NC(=O)[C@H](C)OC(=O)CSCC(=O)Nc1ccc(Cl)cc1. The van der Waals surface area contributed by atoms with Crippen LogP contribution in [0.3, 0.4) is 0 Å². The molecule has 6 nitrogen and oxygen atoms in total. The van der Waals surface area contributed by atoms with E-state index in [1.54, 1.807) is 24.3 Å². The molecule has 0 heterocycles. The molecule has 0 fully saturated rings. The summed E-state index contributed by atoms with van der Waals surface area (Å²) < 4.78 is 5.01. The minimum Gasteiger partial charge on any atom is -0.452 e. The maximum absolute atomic E-state index is 11.7. The van der Waals surface area contributed by atoms with Gasteiger partial charge in [-0.25, -0.2) is 0 Å². The summed E-state index contributed by atoms with van der Waals surface area (Å²) in [7, 11) is 0. The van der Waals surface area contributed by atoms with Crippen LogP contribution in [-0.4, -0.2) is 41.4 Å². The van der Waals surface area contributed by atoms with Crippen LogP contribution in [0.15, 0.2) is 24.3 Å². The van der Waals surface area contributed by atoms with Gasteiger partial charge in [-0.1, -0.05) is 11.6 Å². The summed E-state index contributed by atoms with van der Waals surface area (Å²) in [5.41, 5.74) is 0.631. The average molecular weight is 373 g/mol. The molecule has 1 aromatic carbocycles. The highest BCUT2D eigenvalue weighted by atomic mass is 35.5. The number of carbonyl (C=O) groups excluding carboxylic acids is 3. The lowest BCUT2D eigenvalue weighted by Gasteiger charge is -2.15. The molecular formula is C16H21ClN2O4S. The Balaban J connectivity index is 2.26. The van der Waals surface area contributed by atoms with E-state index < -0.39 is 12.1 Å². The standard InChI is InChI=1S/C16H21ClN2O4S/c1-10(2)18-16(22)11(3)23-15(21)9-24-8-14(20)19-13-6-4-12(17)5-7-13/h4-7,10-11H,8-9H2,1-3H3,(H,18,22)(H,19,20)/t11-/m0/s1. The van der Waals surface area contributed by atoms with Gasteiger partial charge in [0.2, 0.25) is 5.91 Å². The molecule has 1 rings (SSSR count). The van der Waals surface area contributed by atoms with E-state index in [0.717, 1.165) is 11.8 Å². The minimum atomic E-state index is -0.858. The van der Waals surface area contributed by atoms with Crippen molar-refractivity contribution in [2.75, 3.05) is 16.8 Å². The largest absolute Gasteiger partial charge is 0.452 e. The number of amides is 2. The van der Waals surface area contributed by atoms with Crippen LogP contribution in [0.2, 0.25) is 5.02 Å². The van der Waals surface area contributed by atoms with E-state index in [9.17, 15) is 14.4 Å². The zero-order chi connectivity index (χ0) is 18.1. The normalized spacial score (nSPS) is 11.7. The Morgan fingerprint density at radius 2 is 1.75 bits per heavy atom. The van der Waals surface area contributed by atoms with E-state index in [-0.39, 0.29) is 29.4 Å². The molecule has 0 aliphatic rings. The fraction of sp³-hybridized carbons (Fsp3) is 0.438. The molecule has 8 heteroatoms. The van der Waals surface area contributed by atoms with Gasteiger partial charge in [0.25, 0.3) is 5.91 Å². The summed E-state index contributed by atoms with van der Waals surface area (Å²) >= 11 is 6.88. The van der Waals surface area contributed by atoms with Gasteiger partial charge in [-0.3, -0.25) is 14.4 Å². The van der Waals surface area contributed by atoms with Crippen molar-refractivity contribution in [3.05, 3.63) is 29.3 Å². The highest BCUT2D eigenvalue weighted by Crippen LogP contribution is 2.14. The summed E-state index contributed by atoms with van der Waals surface area (Å²) in [4.78, 5) is 35.0. The predicted molar refractivity (Wildman–Crippen MR) is 96.2 cm³/mol. The number of benzene rings is 1. The van der Waals surface area contributed by atoms with Gasteiger partial charge in [-0.15, -0.1) is 11.8 Å². The number of halogens is 1. The maximum atomic E-state index is 11.7. The van der Waals surface area contributed by atoms with Gasteiger partial charge in [0.05, 0.1) is 11.5 Å². The number of carbonyl (C=O) groups is 3. The molecule has 0 saturated heterocycles. The van der Waals surface area contributed by atoms with Crippen LogP contribution in [-0.2, 0) is 19.1 Å². The van der Waals surface area contributed by atoms with Crippen LogP contribution in [0.25, 0.3) is 0 Å².